The number of rotatable bonds is 3. The maximum atomic E-state index is 14.0. The van der Waals surface area contributed by atoms with E-state index >= 15 is 0 Å². The van der Waals surface area contributed by atoms with Crippen molar-refractivity contribution in [3.8, 4) is 5.75 Å². The fraction of sp³-hybridized carbons (Fsp3) is 0.333. The summed E-state index contributed by atoms with van der Waals surface area (Å²) >= 11 is 0. The fourth-order valence-electron chi connectivity index (χ4n) is 3.13. The number of aromatic amines is 1. The molecule has 1 aromatic heterocycles. The number of carbonyl (C=O) groups excluding carboxylic acids is 1. The highest BCUT2D eigenvalue weighted by Gasteiger charge is 2.30. The predicted molar refractivity (Wildman–Crippen MR) is 92.7 cm³/mol. The number of amides is 1. The predicted octanol–water partition coefficient (Wildman–Crippen LogP) is 1.87. The number of anilines is 1. The summed E-state index contributed by atoms with van der Waals surface area (Å²) in [5.74, 6) is -0.233. The van der Waals surface area contributed by atoms with E-state index in [0.29, 0.717) is 30.9 Å². The van der Waals surface area contributed by atoms with Crippen LogP contribution in [0.2, 0.25) is 0 Å². The van der Waals surface area contributed by atoms with E-state index in [4.69, 9.17) is 4.74 Å². The van der Waals surface area contributed by atoms with E-state index in [1.807, 2.05) is 11.8 Å². The number of nitrogens with one attached hydrogen (secondary N) is 1. The van der Waals surface area contributed by atoms with Crippen LogP contribution in [0.25, 0.3) is 0 Å². The van der Waals surface area contributed by atoms with E-state index in [1.54, 1.807) is 23.1 Å². The number of benzene rings is 1. The zero-order valence-electron chi connectivity index (χ0n) is 14.2. The Balaban J connectivity index is 1.79. The second kappa shape index (κ2) is 6.96. The van der Waals surface area contributed by atoms with Gasteiger partial charge in [0.25, 0.3) is 11.5 Å². The highest BCUT2D eigenvalue weighted by Crippen LogP contribution is 2.24. The normalized spacial score (nSPS) is 17.5. The molecule has 1 aromatic carbocycles. The largest absolute Gasteiger partial charge is 0.496 e. The van der Waals surface area contributed by atoms with Crippen LogP contribution >= 0.6 is 0 Å². The molecule has 132 valence electrons. The molecule has 1 saturated heterocycles. The van der Waals surface area contributed by atoms with Crippen molar-refractivity contribution in [3.05, 3.63) is 58.3 Å². The molecule has 1 atom stereocenters. The van der Waals surface area contributed by atoms with Gasteiger partial charge < -0.3 is 19.5 Å². The van der Waals surface area contributed by atoms with Gasteiger partial charge in [0.05, 0.1) is 18.4 Å². The van der Waals surface area contributed by atoms with Crippen molar-refractivity contribution in [2.45, 2.75) is 13.0 Å². The molecule has 2 heterocycles. The molecular formula is C18H20FN3O3. The first-order valence-corrected chi connectivity index (χ1v) is 8.08. The van der Waals surface area contributed by atoms with Crippen LogP contribution in [-0.2, 0) is 0 Å². The van der Waals surface area contributed by atoms with E-state index in [1.165, 1.54) is 25.4 Å². The van der Waals surface area contributed by atoms with Crippen LogP contribution in [0.15, 0.2) is 41.3 Å². The Morgan fingerprint density at radius 2 is 2.08 bits per heavy atom. The van der Waals surface area contributed by atoms with Gasteiger partial charge in [-0.15, -0.1) is 0 Å². The number of piperazine rings is 1. The molecule has 0 saturated carbocycles. The SMILES string of the molecule is COc1cc(=O)[nH]cc1C(=O)N1CCN(c2ccccc2F)CC1C. The molecule has 0 aliphatic carbocycles. The van der Waals surface area contributed by atoms with Gasteiger partial charge in [0.2, 0.25) is 0 Å². The summed E-state index contributed by atoms with van der Waals surface area (Å²) in [6.07, 6.45) is 1.37. The number of hydrogen-bond donors (Lipinski definition) is 1. The van der Waals surface area contributed by atoms with Gasteiger partial charge in [-0.2, -0.15) is 0 Å². The van der Waals surface area contributed by atoms with E-state index in [0.717, 1.165) is 0 Å². The van der Waals surface area contributed by atoms with E-state index in [2.05, 4.69) is 4.98 Å². The van der Waals surface area contributed by atoms with Crippen LogP contribution in [0, 0.1) is 5.82 Å². The standard InChI is InChI=1S/C18H20FN3O3/c1-12-11-21(15-6-4-3-5-14(15)19)7-8-22(12)18(24)13-10-20-17(23)9-16(13)25-2/h3-6,9-10,12H,7-8,11H2,1-2H3,(H,20,23). The van der Waals surface area contributed by atoms with Gasteiger partial charge in [0.15, 0.2) is 0 Å². The minimum Gasteiger partial charge on any atom is -0.496 e. The van der Waals surface area contributed by atoms with E-state index in [9.17, 15) is 14.0 Å². The minimum absolute atomic E-state index is 0.113. The number of methoxy groups -OCH3 is 1. The van der Waals surface area contributed by atoms with Gasteiger partial charge >= 0.3 is 0 Å². The monoisotopic (exact) mass is 345 g/mol. The summed E-state index contributed by atoms with van der Waals surface area (Å²) in [5, 5.41) is 0. The van der Waals surface area contributed by atoms with Gasteiger partial charge in [-0.1, -0.05) is 12.1 Å². The summed E-state index contributed by atoms with van der Waals surface area (Å²) in [6.45, 7) is 3.43. The van der Waals surface area contributed by atoms with E-state index in [-0.39, 0.29) is 29.1 Å². The molecule has 1 N–H and O–H groups in total. The first kappa shape index (κ1) is 17.0. The Morgan fingerprint density at radius 3 is 2.76 bits per heavy atom. The van der Waals surface area contributed by atoms with Crippen LogP contribution in [0.5, 0.6) is 5.75 Å². The van der Waals surface area contributed by atoms with Crippen molar-refractivity contribution in [3.63, 3.8) is 0 Å². The van der Waals surface area contributed by atoms with Crippen LogP contribution in [0.1, 0.15) is 17.3 Å². The van der Waals surface area contributed by atoms with Crippen molar-refractivity contribution in [2.24, 2.45) is 0 Å². The Labute approximate surface area is 144 Å². The van der Waals surface area contributed by atoms with Crippen molar-refractivity contribution in [2.75, 3.05) is 31.6 Å². The van der Waals surface area contributed by atoms with Gasteiger partial charge in [0.1, 0.15) is 11.6 Å². The first-order valence-electron chi connectivity index (χ1n) is 8.08. The average Bonchev–Trinajstić information content (AvgIpc) is 2.61. The van der Waals surface area contributed by atoms with Gasteiger partial charge in [0, 0.05) is 37.9 Å². The molecule has 0 spiro atoms. The third kappa shape index (κ3) is 3.35. The number of halogens is 1. The molecule has 2 aromatic rings. The highest BCUT2D eigenvalue weighted by molar-refractivity contribution is 5.97. The quantitative estimate of drug-likeness (QED) is 0.922. The van der Waals surface area contributed by atoms with Crippen molar-refractivity contribution < 1.29 is 13.9 Å². The minimum atomic E-state index is -0.328. The Morgan fingerprint density at radius 1 is 1.32 bits per heavy atom. The Bertz CT molecular complexity index is 836. The first-order chi connectivity index (χ1) is 12.0. The molecule has 7 heteroatoms. The molecule has 1 aliphatic rings. The van der Waals surface area contributed by atoms with Crippen molar-refractivity contribution >= 4 is 11.6 Å². The highest BCUT2D eigenvalue weighted by atomic mass is 19.1. The number of hydrogen-bond acceptors (Lipinski definition) is 4. The molecule has 0 radical (unpaired) electrons. The van der Waals surface area contributed by atoms with Crippen LogP contribution in [0.3, 0.4) is 0 Å². The maximum absolute atomic E-state index is 14.0. The smallest absolute Gasteiger partial charge is 0.259 e. The molecule has 25 heavy (non-hydrogen) atoms. The number of nitrogens with zero attached hydrogens (tertiary/aromatic N) is 2. The van der Waals surface area contributed by atoms with Crippen molar-refractivity contribution in [1.29, 1.82) is 0 Å². The molecule has 1 aliphatic heterocycles. The number of aromatic nitrogens is 1. The number of para-hydroxylation sites is 1. The summed E-state index contributed by atoms with van der Waals surface area (Å²) < 4.78 is 19.1. The van der Waals surface area contributed by atoms with Crippen LogP contribution in [-0.4, -0.2) is 48.6 Å². The zero-order chi connectivity index (χ0) is 18.0. The molecule has 1 unspecified atom stereocenters. The number of H-pyrrole nitrogens is 1. The maximum Gasteiger partial charge on any atom is 0.259 e. The lowest BCUT2D eigenvalue weighted by Gasteiger charge is -2.41. The molecular weight excluding hydrogens is 325 g/mol. The topological polar surface area (TPSA) is 65.6 Å². The molecule has 1 fully saturated rings. The third-order valence-electron chi connectivity index (χ3n) is 4.42. The van der Waals surface area contributed by atoms with Gasteiger partial charge in [-0.25, -0.2) is 4.39 Å². The molecule has 6 nitrogen and oxygen atoms in total. The third-order valence-corrected chi connectivity index (χ3v) is 4.42. The Hall–Kier alpha value is -2.83. The van der Waals surface area contributed by atoms with Crippen LogP contribution < -0.4 is 15.2 Å². The molecule has 0 bridgehead atoms. The lowest BCUT2D eigenvalue weighted by molar-refractivity contribution is 0.0670. The summed E-state index contributed by atoms with van der Waals surface area (Å²) in [7, 11) is 1.42. The lowest BCUT2D eigenvalue weighted by atomic mass is 10.1. The number of pyridine rings is 1. The van der Waals surface area contributed by atoms with Gasteiger partial charge in [-0.3, -0.25) is 9.59 Å². The second-order valence-corrected chi connectivity index (χ2v) is 6.02. The fourth-order valence-corrected chi connectivity index (χ4v) is 3.13. The average molecular weight is 345 g/mol. The second-order valence-electron chi connectivity index (χ2n) is 6.02. The molecule has 3 rings (SSSR count). The number of ether oxygens (including phenoxy) is 1. The molecule has 1 amide bonds. The Kier molecular flexibility index (Phi) is 4.74. The van der Waals surface area contributed by atoms with E-state index < -0.39 is 0 Å². The summed E-state index contributed by atoms with van der Waals surface area (Å²) in [5.41, 5.74) is 0.530. The summed E-state index contributed by atoms with van der Waals surface area (Å²) in [4.78, 5) is 30.4. The lowest BCUT2D eigenvalue weighted by Crippen LogP contribution is -2.54. The van der Waals surface area contributed by atoms with Crippen molar-refractivity contribution in [1.82, 2.24) is 9.88 Å². The van der Waals surface area contributed by atoms with Crippen LogP contribution in [0.4, 0.5) is 10.1 Å². The number of carbonyl (C=O) groups is 1. The van der Waals surface area contributed by atoms with Gasteiger partial charge in [-0.05, 0) is 19.1 Å². The zero-order valence-corrected chi connectivity index (χ0v) is 14.2. The summed E-state index contributed by atoms with van der Waals surface area (Å²) in [6, 6.07) is 7.77.